The Morgan fingerprint density at radius 3 is 2.94 bits per heavy atom. The zero-order valence-electron chi connectivity index (χ0n) is 10.3. The maximum absolute atomic E-state index is 4.11. The molecule has 1 saturated carbocycles. The Morgan fingerprint density at radius 2 is 2.38 bits per heavy atom. The third-order valence-corrected chi connectivity index (χ3v) is 3.26. The first-order chi connectivity index (χ1) is 7.79. The van der Waals surface area contributed by atoms with Gasteiger partial charge in [0.25, 0.3) is 0 Å². The molecule has 0 saturated heterocycles. The molecule has 1 heterocycles. The SMILES string of the molecule is CCNC(CCCc1cn(C)nn1)C1CC1. The van der Waals surface area contributed by atoms with E-state index in [-0.39, 0.29) is 0 Å². The third kappa shape index (κ3) is 3.30. The first kappa shape index (κ1) is 11.6. The maximum Gasteiger partial charge on any atom is 0.0827 e. The molecule has 1 aliphatic carbocycles. The van der Waals surface area contributed by atoms with Crippen LogP contribution in [0.1, 0.15) is 38.3 Å². The molecule has 1 fully saturated rings. The predicted molar refractivity (Wildman–Crippen MR) is 64.1 cm³/mol. The Labute approximate surface area is 97.4 Å². The van der Waals surface area contributed by atoms with E-state index in [0.29, 0.717) is 0 Å². The first-order valence-corrected chi connectivity index (χ1v) is 6.38. The zero-order chi connectivity index (χ0) is 11.4. The molecule has 4 nitrogen and oxygen atoms in total. The largest absolute Gasteiger partial charge is 0.314 e. The number of nitrogens with zero attached hydrogens (tertiary/aromatic N) is 3. The van der Waals surface area contributed by atoms with E-state index in [9.17, 15) is 0 Å². The van der Waals surface area contributed by atoms with Crippen LogP contribution in [0.25, 0.3) is 0 Å². The minimum Gasteiger partial charge on any atom is -0.314 e. The standard InChI is InChI=1S/C12H22N4/c1-3-13-12(10-7-8-10)6-4-5-11-9-16(2)15-14-11/h9-10,12-13H,3-8H2,1-2H3. The molecule has 0 amide bonds. The van der Waals surface area contributed by atoms with Crippen molar-refractivity contribution in [2.75, 3.05) is 6.54 Å². The van der Waals surface area contributed by atoms with Crippen LogP contribution in [-0.4, -0.2) is 27.6 Å². The van der Waals surface area contributed by atoms with Crippen LogP contribution in [0.5, 0.6) is 0 Å². The van der Waals surface area contributed by atoms with Gasteiger partial charge in [0.2, 0.25) is 0 Å². The fourth-order valence-electron chi connectivity index (χ4n) is 2.28. The van der Waals surface area contributed by atoms with Crippen molar-refractivity contribution in [1.82, 2.24) is 20.3 Å². The Morgan fingerprint density at radius 1 is 1.56 bits per heavy atom. The average molecular weight is 222 g/mol. The Balaban J connectivity index is 1.69. The topological polar surface area (TPSA) is 42.7 Å². The van der Waals surface area contributed by atoms with Gasteiger partial charge in [-0.15, -0.1) is 5.10 Å². The summed E-state index contributed by atoms with van der Waals surface area (Å²) < 4.78 is 1.78. The molecule has 1 N–H and O–H groups in total. The van der Waals surface area contributed by atoms with E-state index in [1.165, 1.54) is 25.7 Å². The predicted octanol–water partition coefficient (Wildman–Crippen LogP) is 1.53. The van der Waals surface area contributed by atoms with E-state index >= 15 is 0 Å². The highest BCUT2D eigenvalue weighted by Gasteiger charge is 2.29. The van der Waals surface area contributed by atoms with Crippen LogP contribution < -0.4 is 5.32 Å². The smallest absolute Gasteiger partial charge is 0.0827 e. The molecular weight excluding hydrogens is 200 g/mol. The second kappa shape index (κ2) is 5.43. The summed E-state index contributed by atoms with van der Waals surface area (Å²) in [5, 5.41) is 11.7. The van der Waals surface area contributed by atoms with Crippen molar-refractivity contribution in [3.05, 3.63) is 11.9 Å². The highest BCUT2D eigenvalue weighted by Crippen LogP contribution is 2.34. The molecule has 16 heavy (non-hydrogen) atoms. The Kier molecular flexibility index (Phi) is 3.93. The van der Waals surface area contributed by atoms with Gasteiger partial charge in [0.1, 0.15) is 0 Å². The summed E-state index contributed by atoms with van der Waals surface area (Å²) in [6, 6.07) is 0.738. The number of aryl methyl sites for hydroxylation is 2. The molecule has 2 rings (SSSR count). The lowest BCUT2D eigenvalue weighted by atomic mass is 10.0. The minimum absolute atomic E-state index is 0.738. The minimum atomic E-state index is 0.738. The quantitative estimate of drug-likeness (QED) is 0.760. The maximum atomic E-state index is 4.11. The van der Waals surface area contributed by atoms with E-state index in [4.69, 9.17) is 0 Å². The number of hydrogen-bond acceptors (Lipinski definition) is 3. The number of nitrogens with one attached hydrogen (secondary N) is 1. The van der Waals surface area contributed by atoms with E-state index < -0.39 is 0 Å². The molecule has 0 aromatic carbocycles. The third-order valence-electron chi connectivity index (χ3n) is 3.26. The van der Waals surface area contributed by atoms with Crippen molar-refractivity contribution < 1.29 is 0 Å². The van der Waals surface area contributed by atoms with Gasteiger partial charge in [-0.1, -0.05) is 12.1 Å². The summed E-state index contributed by atoms with van der Waals surface area (Å²) in [7, 11) is 1.92. The summed E-state index contributed by atoms with van der Waals surface area (Å²) in [6.07, 6.45) is 8.40. The molecule has 1 aromatic rings. The van der Waals surface area contributed by atoms with E-state index in [1.807, 2.05) is 13.2 Å². The van der Waals surface area contributed by atoms with Gasteiger partial charge in [-0.05, 0) is 44.6 Å². The Bertz CT molecular complexity index is 317. The molecule has 4 heteroatoms. The Hall–Kier alpha value is -0.900. The van der Waals surface area contributed by atoms with Crippen LogP contribution in [0.3, 0.4) is 0 Å². The number of aromatic nitrogens is 3. The summed E-state index contributed by atoms with van der Waals surface area (Å²) in [4.78, 5) is 0. The molecule has 0 bridgehead atoms. The van der Waals surface area contributed by atoms with E-state index in [1.54, 1.807) is 4.68 Å². The van der Waals surface area contributed by atoms with Crippen molar-refractivity contribution in [1.29, 1.82) is 0 Å². The van der Waals surface area contributed by atoms with Crippen LogP contribution in [0.15, 0.2) is 6.20 Å². The molecular formula is C12H22N4. The second-order valence-electron chi connectivity index (χ2n) is 4.78. The average Bonchev–Trinajstić information content (AvgIpc) is 3.02. The van der Waals surface area contributed by atoms with Gasteiger partial charge in [0.05, 0.1) is 5.69 Å². The van der Waals surface area contributed by atoms with Crippen LogP contribution in [0.2, 0.25) is 0 Å². The van der Waals surface area contributed by atoms with Gasteiger partial charge < -0.3 is 5.32 Å². The lowest BCUT2D eigenvalue weighted by Gasteiger charge is -2.16. The van der Waals surface area contributed by atoms with Crippen LogP contribution in [0, 0.1) is 5.92 Å². The van der Waals surface area contributed by atoms with Crippen molar-refractivity contribution >= 4 is 0 Å². The molecule has 1 unspecified atom stereocenters. The highest BCUT2D eigenvalue weighted by atomic mass is 15.4. The van der Waals surface area contributed by atoms with E-state index in [2.05, 4.69) is 22.6 Å². The molecule has 1 atom stereocenters. The summed E-state index contributed by atoms with van der Waals surface area (Å²) in [6.45, 7) is 3.28. The summed E-state index contributed by atoms with van der Waals surface area (Å²) in [5.74, 6) is 0.946. The van der Waals surface area contributed by atoms with Gasteiger partial charge >= 0.3 is 0 Å². The first-order valence-electron chi connectivity index (χ1n) is 6.38. The molecule has 0 spiro atoms. The van der Waals surface area contributed by atoms with Gasteiger partial charge in [0.15, 0.2) is 0 Å². The van der Waals surface area contributed by atoms with Crippen molar-refractivity contribution in [2.24, 2.45) is 13.0 Å². The monoisotopic (exact) mass is 222 g/mol. The zero-order valence-corrected chi connectivity index (χ0v) is 10.3. The van der Waals surface area contributed by atoms with Gasteiger partial charge in [0, 0.05) is 19.3 Å². The fourth-order valence-corrected chi connectivity index (χ4v) is 2.28. The molecule has 0 radical (unpaired) electrons. The highest BCUT2D eigenvalue weighted by molar-refractivity contribution is 4.93. The van der Waals surface area contributed by atoms with Gasteiger partial charge in [-0.3, -0.25) is 4.68 Å². The lowest BCUT2D eigenvalue weighted by Crippen LogP contribution is -2.30. The molecule has 90 valence electrons. The second-order valence-corrected chi connectivity index (χ2v) is 4.78. The summed E-state index contributed by atoms with van der Waals surface area (Å²) >= 11 is 0. The van der Waals surface area contributed by atoms with Crippen LogP contribution in [0.4, 0.5) is 0 Å². The van der Waals surface area contributed by atoms with Crippen molar-refractivity contribution in [2.45, 2.75) is 45.1 Å². The van der Waals surface area contributed by atoms with E-state index in [0.717, 1.165) is 30.6 Å². The van der Waals surface area contributed by atoms with Crippen molar-refractivity contribution in [3.8, 4) is 0 Å². The van der Waals surface area contributed by atoms with Gasteiger partial charge in [-0.2, -0.15) is 0 Å². The molecule has 1 aromatic heterocycles. The lowest BCUT2D eigenvalue weighted by molar-refractivity contribution is 0.433. The van der Waals surface area contributed by atoms with Gasteiger partial charge in [-0.25, -0.2) is 0 Å². The summed E-state index contributed by atoms with van der Waals surface area (Å²) in [5.41, 5.74) is 1.12. The number of hydrogen-bond donors (Lipinski definition) is 1. The molecule has 1 aliphatic rings. The van der Waals surface area contributed by atoms with Crippen LogP contribution >= 0.6 is 0 Å². The molecule has 0 aliphatic heterocycles. The normalized spacial score (nSPS) is 17.6. The van der Waals surface area contributed by atoms with Crippen molar-refractivity contribution in [3.63, 3.8) is 0 Å². The van der Waals surface area contributed by atoms with Crippen LogP contribution in [-0.2, 0) is 13.5 Å². The number of rotatable bonds is 7. The fraction of sp³-hybridized carbons (Fsp3) is 0.833.